The molecule has 2 N–H and O–H groups in total. The summed E-state index contributed by atoms with van der Waals surface area (Å²) >= 11 is 3.30. The van der Waals surface area contributed by atoms with Crippen LogP contribution in [-0.4, -0.2) is 25.8 Å². The number of anilines is 1. The zero-order valence-corrected chi connectivity index (χ0v) is 13.4. The van der Waals surface area contributed by atoms with Crippen molar-refractivity contribution in [3.63, 3.8) is 0 Å². The minimum atomic E-state index is -3.48. The molecule has 1 aliphatic heterocycles. The number of nitrogen functional groups attached to an aromatic ring is 1. The van der Waals surface area contributed by atoms with Crippen LogP contribution in [-0.2, 0) is 10.0 Å². The number of nitrogens with two attached hydrogens (primary N) is 1. The van der Waals surface area contributed by atoms with E-state index >= 15 is 0 Å². The highest BCUT2D eigenvalue weighted by Crippen LogP contribution is 2.29. The molecule has 0 unspecified atom stereocenters. The second-order valence-electron chi connectivity index (χ2n) is 4.78. The number of hydrogen-bond acceptors (Lipinski definition) is 3. The summed E-state index contributed by atoms with van der Waals surface area (Å²) in [5.41, 5.74) is 8.17. The molecule has 0 radical (unpaired) electrons. The molecule has 0 fully saturated rings. The fourth-order valence-electron chi connectivity index (χ4n) is 2.05. The quantitative estimate of drug-likeness (QED) is 0.662. The third-order valence-electron chi connectivity index (χ3n) is 3.38. The second-order valence-corrected chi connectivity index (χ2v) is 7.60. The van der Waals surface area contributed by atoms with Crippen molar-refractivity contribution in [3.8, 4) is 0 Å². The highest BCUT2D eigenvalue weighted by atomic mass is 79.9. The topological polar surface area (TPSA) is 63.4 Å². The molecule has 0 bridgehead atoms. The Bertz CT molecular complexity index is 638. The van der Waals surface area contributed by atoms with Crippen LogP contribution in [0.4, 0.5) is 5.69 Å². The van der Waals surface area contributed by atoms with Gasteiger partial charge in [-0.3, -0.25) is 0 Å². The monoisotopic (exact) mass is 344 g/mol. The van der Waals surface area contributed by atoms with Crippen molar-refractivity contribution in [2.24, 2.45) is 0 Å². The summed E-state index contributed by atoms with van der Waals surface area (Å²) in [4.78, 5) is 0.285. The molecule has 0 saturated carbocycles. The van der Waals surface area contributed by atoms with Gasteiger partial charge in [0.2, 0.25) is 10.0 Å². The molecule has 0 aliphatic carbocycles. The number of sulfonamides is 1. The van der Waals surface area contributed by atoms with E-state index in [0.29, 0.717) is 28.8 Å². The fraction of sp³-hybridized carbons (Fsp3) is 0.385. The largest absolute Gasteiger partial charge is 0.398 e. The highest BCUT2D eigenvalue weighted by Gasteiger charge is 2.27. The van der Waals surface area contributed by atoms with Gasteiger partial charge in [-0.25, -0.2) is 8.42 Å². The summed E-state index contributed by atoms with van der Waals surface area (Å²) in [7, 11) is -3.48. The first-order valence-electron chi connectivity index (χ1n) is 6.04. The Morgan fingerprint density at radius 2 is 2.00 bits per heavy atom. The zero-order valence-electron chi connectivity index (χ0n) is 11.0. The molecule has 1 heterocycles. The number of rotatable bonds is 2. The zero-order chi connectivity index (χ0) is 14.2. The van der Waals surface area contributed by atoms with Gasteiger partial charge in [-0.1, -0.05) is 27.6 Å². The van der Waals surface area contributed by atoms with E-state index in [1.165, 1.54) is 9.88 Å². The van der Waals surface area contributed by atoms with Crippen molar-refractivity contribution < 1.29 is 8.42 Å². The van der Waals surface area contributed by atoms with E-state index in [9.17, 15) is 8.42 Å². The second kappa shape index (κ2) is 5.26. The molecule has 0 atom stereocenters. The summed E-state index contributed by atoms with van der Waals surface area (Å²) in [6.07, 6.45) is 2.74. The van der Waals surface area contributed by atoms with Crippen LogP contribution in [0.2, 0.25) is 0 Å². The van der Waals surface area contributed by atoms with E-state index in [4.69, 9.17) is 5.73 Å². The first-order valence-corrected chi connectivity index (χ1v) is 8.27. The number of nitrogens with zero attached hydrogens (tertiary/aromatic N) is 1. The first kappa shape index (κ1) is 14.6. The van der Waals surface area contributed by atoms with E-state index in [0.717, 1.165) is 6.42 Å². The van der Waals surface area contributed by atoms with E-state index < -0.39 is 10.0 Å². The third kappa shape index (κ3) is 2.85. The molecule has 1 aromatic carbocycles. The molecule has 104 valence electrons. The number of hydrogen-bond donors (Lipinski definition) is 1. The van der Waals surface area contributed by atoms with E-state index in [1.54, 1.807) is 19.1 Å². The van der Waals surface area contributed by atoms with Crippen LogP contribution in [0.15, 0.2) is 33.2 Å². The predicted octanol–water partition coefficient (Wildman–Crippen LogP) is 2.68. The molecule has 0 spiro atoms. The predicted molar refractivity (Wildman–Crippen MR) is 80.4 cm³/mol. The Hall–Kier alpha value is -0.850. The molecular formula is C13H17BrN2O2S. The minimum Gasteiger partial charge on any atom is -0.398 e. The van der Waals surface area contributed by atoms with Crippen LogP contribution >= 0.6 is 15.9 Å². The van der Waals surface area contributed by atoms with Gasteiger partial charge in [0.25, 0.3) is 0 Å². The van der Waals surface area contributed by atoms with Crippen molar-refractivity contribution in [3.05, 3.63) is 33.8 Å². The summed E-state index contributed by atoms with van der Waals surface area (Å²) in [6, 6.07) is 3.33. The van der Waals surface area contributed by atoms with Gasteiger partial charge >= 0.3 is 0 Å². The maximum absolute atomic E-state index is 12.6. The van der Waals surface area contributed by atoms with Gasteiger partial charge in [0.05, 0.1) is 4.90 Å². The molecule has 6 heteroatoms. The van der Waals surface area contributed by atoms with Crippen LogP contribution in [0.5, 0.6) is 0 Å². The summed E-state index contributed by atoms with van der Waals surface area (Å²) in [6.45, 7) is 4.71. The minimum absolute atomic E-state index is 0.285. The molecule has 1 aliphatic rings. The van der Waals surface area contributed by atoms with Crippen LogP contribution in [0.1, 0.15) is 18.9 Å². The van der Waals surface area contributed by atoms with Gasteiger partial charge in [-0.15, -0.1) is 0 Å². The lowest BCUT2D eigenvalue weighted by atomic mass is 10.1. The lowest BCUT2D eigenvalue weighted by Crippen LogP contribution is -2.35. The normalized spacial score (nSPS) is 17.3. The Labute approximate surface area is 122 Å². The molecule has 0 aromatic heterocycles. The molecule has 0 amide bonds. The lowest BCUT2D eigenvalue weighted by molar-refractivity contribution is 0.431. The Morgan fingerprint density at radius 1 is 1.32 bits per heavy atom. The smallest absolute Gasteiger partial charge is 0.243 e. The SMILES string of the molecule is CC1=CCN(S(=O)(=O)c2cc(Br)cc(N)c2C)CC1. The average molecular weight is 345 g/mol. The van der Waals surface area contributed by atoms with Gasteiger partial charge in [-0.05, 0) is 38.0 Å². The van der Waals surface area contributed by atoms with Crippen LogP contribution < -0.4 is 5.73 Å². The van der Waals surface area contributed by atoms with Crippen LogP contribution in [0, 0.1) is 6.92 Å². The van der Waals surface area contributed by atoms with Crippen molar-refractivity contribution in [1.29, 1.82) is 0 Å². The Morgan fingerprint density at radius 3 is 2.58 bits per heavy atom. The standard InChI is InChI=1S/C13H17BrN2O2S/c1-9-3-5-16(6-4-9)19(17,18)13-8-11(14)7-12(15)10(13)2/h3,7-8H,4-6,15H2,1-2H3. The maximum Gasteiger partial charge on any atom is 0.243 e. The van der Waals surface area contributed by atoms with Crippen molar-refractivity contribution in [2.45, 2.75) is 25.2 Å². The van der Waals surface area contributed by atoms with Gasteiger partial charge in [-0.2, -0.15) is 4.31 Å². The molecule has 0 saturated heterocycles. The molecule has 19 heavy (non-hydrogen) atoms. The van der Waals surface area contributed by atoms with Gasteiger partial charge < -0.3 is 5.73 Å². The van der Waals surface area contributed by atoms with Crippen molar-refractivity contribution in [1.82, 2.24) is 4.31 Å². The van der Waals surface area contributed by atoms with E-state index in [-0.39, 0.29) is 4.90 Å². The lowest BCUT2D eigenvalue weighted by Gasteiger charge is -2.25. The fourth-order valence-corrected chi connectivity index (χ4v) is 4.34. The van der Waals surface area contributed by atoms with Gasteiger partial charge in [0.1, 0.15) is 0 Å². The van der Waals surface area contributed by atoms with Crippen LogP contribution in [0.3, 0.4) is 0 Å². The van der Waals surface area contributed by atoms with E-state index in [1.807, 2.05) is 13.0 Å². The highest BCUT2D eigenvalue weighted by molar-refractivity contribution is 9.10. The Balaban J connectivity index is 2.46. The van der Waals surface area contributed by atoms with Gasteiger partial charge in [0, 0.05) is 23.2 Å². The number of halogens is 1. The average Bonchev–Trinajstić information content (AvgIpc) is 2.34. The Kier molecular flexibility index (Phi) is 4.03. The van der Waals surface area contributed by atoms with Gasteiger partial charge in [0.15, 0.2) is 0 Å². The first-order chi connectivity index (χ1) is 8.82. The van der Waals surface area contributed by atoms with Crippen molar-refractivity contribution in [2.75, 3.05) is 18.8 Å². The van der Waals surface area contributed by atoms with Crippen molar-refractivity contribution >= 4 is 31.6 Å². The van der Waals surface area contributed by atoms with E-state index in [2.05, 4.69) is 15.9 Å². The van der Waals surface area contributed by atoms with Crippen LogP contribution in [0.25, 0.3) is 0 Å². The molecular weight excluding hydrogens is 328 g/mol. The molecule has 4 nitrogen and oxygen atoms in total. The third-order valence-corrected chi connectivity index (χ3v) is 5.83. The summed E-state index contributed by atoms with van der Waals surface area (Å²) in [5, 5.41) is 0. The maximum atomic E-state index is 12.6. The number of benzene rings is 1. The summed E-state index contributed by atoms with van der Waals surface area (Å²) in [5.74, 6) is 0. The summed E-state index contributed by atoms with van der Waals surface area (Å²) < 4.78 is 27.5. The molecule has 2 rings (SSSR count). The molecule has 1 aromatic rings.